The maximum Gasteiger partial charge on any atom is 0.329 e. The summed E-state index contributed by atoms with van der Waals surface area (Å²) in [4.78, 5) is 46.0. The molecule has 0 saturated carbocycles. The van der Waals surface area contributed by atoms with Crippen LogP contribution in [0.2, 0.25) is 0 Å². The molecule has 3 N–H and O–H groups in total. The zero-order valence-corrected chi connectivity index (χ0v) is 14.3. The number of hydrogen-bond donors (Lipinski definition) is 3. The summed E-state index contributed by atoms with van der Waals surface area (Å²) in [5, 5.41) is 14.1. The van der Waals surface area contributed by atoms with Gasteiger partial charge in [0, 0.05) is 34.8 Å². The first-order valence-electron chi connectivity index (χ1n) is 6.68. The molecule has 0 aliphatic carbocycles. The van der Waals surface area contributed by atoms with Gasteiger partial charge in [-0.2, -0.15) is 0 Å². The minimum absolute atomic E-state index is 0.170. The number of carbonyl (C=O) groups is 4. The van der Waals surface area contributed by atoms with Gasteiger partial charge in [0.05, 0.1) is 6.42 Å². The minimum atomic E-state index is -1.21. The van der Waals surface area contributed by atoms with Gasteiger partial charge in [0.1, 0.15) is 6.04 Å². The second kappa shape index (κ2) is 6.94. The van der Waals surface area contributed by atoms with E-state index in [1.165, 1.54) is 0 Å². The van der Waals surface area contributed by atoms with Crippen molar-refractivity contribution < 1.29 is 24.3 Å². The summed E-state index contributed by atoms with van der Waals surface area (Å²) in [6.45, 7) is 2.13. The average Bonchev–Trinajstić information content (AvgIpc) is 2.44. The third-order valence-electron chi connectivity index (χ3n) is 3.42. The molecule has 1 aromatic carbocycles. The van der Waals surface area contributed by atoms with E-state index in [1.807, 2.05) is 0 Å². The van der Waals surface area contributed by atoms with Crippen LogP contribution in [0, 0.1) is 6.92 Å². The van der Waals surface area contributed by atoms with Crippen molar-refractivity contribution in [3.8, 4) is 0 Å². The first kappa shape index (κ1) is 17.2. The molecule has 0 unspecified atom stereocenters. The monoisotopic (exact) mass is 431 g/mol. The number of aryl methyl sites for hydroxylation is 1. The van der Waals surface area contributed by atoms with E-state index in [2.05, 4.69) is 10.6 Å². The lowest BCUT2D eigenvalue weighted by Gasteiger charge is -2.35. The number of carboxylic acids is 1. The van der Waals surface area contributed by atoms with Crippen LogP contribution in [-0.2, 0) is 16.1 Å². The normalized spacial score (nSPS) is 16.5. The molecule has 1 heterocycles. The molecular formula is C14H14IN3O5. The molecule has 2 rings (SSSR count). The number of halogens is 1. The number of hydrogen-bond acceptors (Lipinski definition) is 4. The van der Waals surface area contributed by atoms with Gasteiger partial charge in [0.15, 0.2) is 0 Å². The number of aliphatic carboxylic acids is 1. The summed E-state index contributed by atoms with van der Waals surface area (Å²) in [7, 11) is 0. The van der Waals surface area contributed by atoms with Gasteiger partial charge in [-0.05, 0) is 24.1 Å². The van der Waals surface area contributed by atoms with Gasteiger partial charge in [-0.3, -0.25) is 9.59 Å². The summed E-state index contributed by atoms with van der Waals surface area (Å²) in [5.41, 5.74) is 2.07. The van der Waals surface area contributed by atoms with Crippen LogP contribution in [0.15, 0.2) is 18.2 Å². The zero-order valence-electron chi connectivity index (χ0n) is 12.1. The molecule has 0 spiro atoms. The van der Waals surface area contributed by atoms with Crippen LogP contribution < -0.4 is 10.6 Å². The molecule has 1 atom stereocenters. The van der Waals surface area contributed by atoms with Crippen LogP contribution in [0.25, 0.3) is 0 Å². The van der Waals surface area contributed by atoms with Gasteiger partial charge in [-0.1, -0.05) is 12.1 Å². The van der Waals surface area contributed by atoms with Crippen molar-refractivity contribution in [3.63, 3.8) is 0 Å². The highest BCUT2D eigenvalue weighted by Gasteiger charge is 2.45. The average molecular weight is 431 g/mol. The van der Waals surface area contributed by atoms with Crippen LogP contribution in [0.4, 0.5) is 15.3 Å². The van der Waals surface area contributed by atoms with Crippen LogP contribution in [-0.4, -0.2) is 37.9 Å². The number of carboxylic acid groups (broad SMARTS) is 1. The van der Waals surface area contributed by atoms with Crippen molar-refractivity contribution in [1.82, 2.24) is 10.2 Å². The number of nitrogens with zero attached hydrogens (tertiary/aromatic N) is 1. The zero-order chi connectivity index (χ0) is 17.1. The quantitative estimate of drug-likeness (QED) is 0.291. The van der Waals surface area contributed by atoms with E-state index >= 15 is 0 Å². The molecule has 0 bridgehead atoms. The Bertz CT molecular complexity index is 691. The number of urea groups is 1. The van der Waals surface area contributed by atoms with Crippen LogP contribution in [0.3, 0.4) is 0 Å². The molecule has 9 heteroatoms. The Balaban J connectivity index is 2.05. The predicted octanol–water partition coefficient (Wildman–Crippen LogP) is 1.86. The Kier molecular flexibility index (Phi) is 5.19. The summed E-state index contributed by atoms with van der Waals surface area (Å²) in [6.07, 6.45) is -0.170. The number of imide groups is 1. The Hall–Kier alpha value is -2.17. The standard InChI is InChI=1S/C14H14IN3O5/c1-7-4-8(6-16-13(15)22)2-3-9(7)17-14(23)18-10(12(20)21)5-11(18)19/h2-4,10H,5-6H2,1H3,(H,16,22)(H,17,23)(H,20,21)/t10-/m0/s1. The number of likely N-dealkylation sites (tertiary alicyclic amines) is 1. The third-order valence-corrected chi connectivity index (χ3v) is 3.80. The Morgan fingerprint density at radius 3 is 2.61 bits per heavy atom. The molecule has 1 fully saturated rings. The van der Waals surface area contributed by atoms with Gasteiger partial charge in [-0.15, -0.1) is 0 Å². The second-order valence-electron chi connectivity index (χ2n) is 5.03. The number of carbonyl (C=O) groups excluding carboxylic acids is 3. The largest absolute Gasteiger partial charge is 0.480 e. The number of nitrogens with one attached hydrogen (secondary N) is 2. The summed E-state index contributed by atoms with van der Waals surface area (Å²) >= 11 is 1.63. The van der Waals surface area contributed by atoms with Crippen LogP contribution >= 0.6 is 22.6 Å². The van der Waals surface area contributed by atoms with Gasteiger partial charge >= 0.3 is 12.0 Å². The minimum Gasteiger partial charge on any atom is -0.480 e. The predicted molar refractivity (Wildman–Crippen MR) is 89.3 cm³/mol. The van der Waals surface area contributed by atoms with E-state index in [-0.39, 0.29) is 10.3 Å². The summed E-state index contributed by atoms with van der Waals surface area (Å²) in [6, 6.07) is 3.28. The van der Waals surface area contributed by atoms with Crippen molar-refractivity contribution in [2.45, 2.75) is 25.9 Å². The van der Waals surface area contributed by atoms with E-state index in [9.17, 15) is 19.2 Å². The molecule has 23 heavy (non-hydrogen) atoms. The molecular weight excluding hydrogens is 417 g/mol. The van der Waals surface area contributed by atoms with Crippen molar-refractivity contribution in [2.75, 3.05) is 5.32 Å². The molecule has 1 aliphatic rings. The number of anilines is 1. The lowest BCUT2D eigenvalue weighted by atomic mass is 10.0. The lowest BCUT2D eigenvalue weighted by molar-refractivity contribution is -0.157. The van der Waals surface area contributed by atoms with E-state index in [0.29, 0.717) is 17.1 Å². The van der Waals surface area contributed by atoms with Crippen molar-refractivity contribution >= 4 is 50.1 Å². The van der Waals surface area contributed by atoms with Gasteiger partial charge in [0.2, 0.25) is 5.91 Å². The van der Waals surface area contributed by atoms with Crippen molar-refractivity contribution in [1.29, 1.82) is 0 Å². The lowest BCUT2D eigenvalue weighted by Crippen LogP contribution is -2.60. The van der Waals surface area contributed by atoms with Gasteiger partial charge in [0.25, 0.3) is 3.91 Å². The SMILES string of the molecule is Cc1cc(CNC(=O)I)ccc1NC(=O)N1C(=O)C[C@H]1C(=O)O. The number of amides is 4. The molecule has 0 aromatic heterocycles. The molecule has 1 aliphatic heterocycles. The molecule has 4 amide bonds. The second-order valence-corrected chi connectivity index (χ2v) is 6.01. The van der Waals surface area contributed by atoms with Crippen molar-refractivity contribution in [2.24, 2.45) is 0 Å². The van der Waals surface area contributed by atoms with E-state index < -0.39 is 23.9 Å². The topological polar surface area (TPSA) is 116 Å². The highest BCUT2D eigenvalue weighted by molar-refractivity contribution is 14.1. The van der Waals surface area contributed by atoms with Crippen molar-refractivity contribution in [3.05, 3.63) is 29.3 Å². The first-order chi connectivity index (χ1) is 10.8. The summed E-state index contributed by atoms with van der Waals surface area (Å²) in [5.74, 6) is -1.73. The maximum atomic E-state index is 12.0. The molecule has 0 radical (unpaired) electrons. The molecule has 8 nitrogen and oxygen atoms in total. The van der Waals surface area contributed by atoms with Crippen LogP contribution in [0.5, 0.6) is 0 Å². The summed E-state index contributed by atoms with van der Waals surface area (Å²) < 4.78 is -0.173. The Morgan fingerprint density at radius 1 is 1.39 bits per heavy atom. The number of β-lactam (4-membered cyclic amide) rings is 1. The fraction of sp³-hybridized carbons (Fsp3) is 0.286. The third kappa shape index (κ3) is 3.97. The molecule has 122 valence electrons. The number of rotatable bonds is 4. The van der Waals surface area contributed by atoms with E-state index in [1.54, 1.807) is 47.7 Å². The fourth-order valence-electron chi connectivity index (χ4n) is 2.19. The van der Waals surface area contributed by atoms with Gasteiger partial charge in [-0.25, -0.2) is 14.5 Å². The first-order valence-corrected chi connectivity index (χ1v) is 7.76. The highest BCUT2D eigenvalue weighted by Crippen LogP contribution is 2.23. The Labute approximate surface area is 145 Å². The maximum absolute atomic E-state index is 12.0. The fourth-order valence-corrected chi connectivity index (χ4v) is 2.38. The van der Waals surface area contributed by atoms with E-state index in [4.69, 9.17) is 5.11 Å². The van der Waals surface area contributed by atoms with Gasteiger partial charge < -0.3 is 15.7 Å². The molecule has 1 saturated heterocycles. The highest BCUT2D eigenvalue weighted by atomic mass is 127. The molecule has 1 aromatic rings. The smallest absolute Gasteiger partial charge is 0.329 e. The van der Waals surface area contributed by atoms with E-state index in [0.717, 1.165) is 11.1 Å². The van der Waals surface area contributed by atoms with Crippen LogP contribution in [0.1, 0.15) is 17.5 Å². The Morgan fingerprint density at radius 2 is 2.09 bits per heavy atom. The number of benzene rings is 1.